The lowest BCUT2D eigenvalue weighted by Crippen LogP contribution is -2.39. The van der Waals surface area contributed by atoms with Crippen LogP contribution in [0, 0.1) is 0 Å². The Morgan fingerprint density at radius 2 is 1.78 bits per heavy atom. The molecule has 1 aromatic carbocycles. The molecule has 1 amide bonds. The molecule has 128 valence electrons. The lowest BCUT2D eigenvalue weighted by Gasteiger charge is -2.21. The van der Waals surface area contributed by atoms with Crippen LogP contribution in [-0.2, 0) is 19.0 Å². The second-order valence-electron chi connectivity index (χ2n) is 4.68. The minimum Gasteiger partial charge on any atom is -0.452 e. The van der Waals surface area contributed by atoms with Gasteiger partial charge < -0.3 is 24.8 Å². The number of hydrogen-bond acceptors (Lipinski definition) is 6. The fourth-order valence-electron chi connectivity index (χ4n) is 1.74. The smallest absolute Gasteiger partial charge is 0.338 e. The summed E-state index contributed by atoms with van der Waals surface area (Å²) < 4.78 is 14.9. The van der Waals surface area contributed by atoms with Crippen LogP contribution in [0.25, 0.3) is 0 Å². The Bertz CT molecular complexity index is 531. The van der Waals surface area contributed by atoms with Gasteiger partial charge in [0, 0.05) is 27.3 Å². The van der Waals surface area contributed by atoms with E-state index in [-0.39, 0.29) is 23.8 Å². The first kappa shape index (κ1) is 19.2. The van der Waals surface area contributed by atoms with Crippen molar-refractivity contribution in [3.8, 4) is 0 Å². The van der Waals surface area contributed by atoms with Crippen LogP contribution in [-0.4, -0.2) is 63.9 Å². The van der Waals surface area contributed by atoms with E-state index in [0.717, 1.165) is 0 Å². The first-order valence-corrected chi connectivity index (χ1v) is 7.35. The Kier molecular flexibility index (Phi) is 8.39. The lowest BCUT2D eigenvalue weighted by atomic mass is 10.2. The maximum Gasteiger partial charge on any atom is 0.338 e. The van der Waals surface area contributed by atoms with E-state index in [0.29, 0.717) is 31.3 Å². The number of ether oxygens (including phenoxy) is 3. The zero-order valence-electron chi connectivity index (χ0n) is 13.2. The van der Waals surface area contributed by atoms with Gasteiger partial charge in [0.05, 0.1) is 29.5 Å². The van der Waals surface area contributed by atoms with E-state index in [4.69, 9.17) is 31.5 Å². The van der Waals surface area contributed by atoms with Crippen LogP contribution < -0.4 is 5.73 Å². The number of esters is 1. The van der Waals surface area contributed by atoms with Gasteiger partial charge in [-0.2, -0.15) is 0 Å². The van der Waals surface area contributed by atoms with Gasteiger partial charge in [-0.25, -0.2) is 4.79 Å². The van der Waals surface area contributed by atoms with Crippen molar-refractivity contribution in [1.29, 1.82) is 0 Å². The van der Waals surface area contributed by atoms with Crippen molar-refractivity contribution in [2.45, 2.75) is 0 Å². The lowest BCUT2D eigenvalue weighted by molar-refractivity contribution is -0.135. The molecule has 1 rings (SSSR count). The number of halogens is 1. The molecular weight excluding hydrogens is 324 g/mol. The highest BCUT2D eigenvalue weighted by Gasteiger charge is 2.16. The Hall–Kier alpha value is -1.83. The molecule has 0 fully saturated rings. The van der Waals surface area contributed by atoms with Gasteiger partial charge in [-0.15, -0.1) is 0 Å². The van der Waals surface area contributed by atoms with Gasteiger partial charge in [0.15, 0.2) is 6.61 Å². The van der Waals surface area contributed by atoms with Gasteiger partial charge in [0.1, 0.15) is 0 Å². The van der Waals surface area contributed by atoms with E-state index >= 15 is 0 Å². The standard InChI is InChI=1S/C15H21ClN2O5/c1-21-7-5-18(6-8-22-2)14(19)10-23-15(20)11-3-4-12(16)13(17)9-11/h3-4,9H,5-8,10,17H2,1-2H3. The third kappa shape index (κ3) is 6.43. The van der Waals surface area contributed by atoms with Gasteiger partial charge >= 0.3 is 5.97 Å². The second kappa shape index (κ2) is 10.0. The van der Waals surface area contributed by atoms with Crippen molar-refractivity contribution in [1.82, 2.24) is 4.90 Å². The molecule has 7 nitrogen and oxygen atoms in total. The molecule has 0 aliphatic rings. The summed E-state index contributed by atoms with van der Waals surface area (Å²) in [4.78, 5) is 25.5. The summed E-state index contributed by atoms with van der Waals surface area (Å²) in [7, 11) is 3.09. The Balaban J connectivity index is 2.57. The number of hydrogen-bond donors (Lipinski definition) is 1. The number of nitrogens with zero attached hydrogens (tertiary/aromatic N) is 1. The molecule has 0 saturated heterocycles. The quantitative estimate of drug-likeness (QED) is 0.534. The number of amides is 1. The monoisotopic (exact) mass is 344 g/mol. The van der Waals surface area contributed by atoms with Crippen molar-refractivity contribution in [2.24, 2.45) is 0 Å². The Morgan fingerprint density at radius 3 is 2.30 bits per heavy atom. The molecule has 0 saturated carbocycles. The zero-order valence-corrected chi connectivity index (χ0v) is 14.0. The Labute approximate surface area is 140 Å². The topological polar surface area (TPSA) is 91.1 Å². The average Bonchev–Trinajstić information content (AvgIpc) is 2.55. The minimum atomic E-state index is -0.639. The number of carbonyl (C=O) groups is 2. The van der Waals surface area contributed by atoms with E-state index in [2.05, 4.69) is 0 Å². The SMILES string of the molecule is COCCN(CCOC)C(=O)COC(=O)c1ccc(Cl)c(N)c1. The number of nitrogen functional groups attached to an aromatic ring is 1. The van der Waals surface area contributed by atoms with Crippen LogP contribution in [0.4, 0.5) is 5.69 Å². The predicted molar refractivity (Wildman–Crippen MR) is 86.5 cm³/mol. The van der Waals surface area contributed by atoms with Gasteiger partial charge in [-0.3, -0.25) is 4.79 Å². The molecule has 8 heteroatoms. The van der Waals surface area contributed by atoms with Gasteiger partial charge in [-0.05, 0) is 18.2 Å². The van der Waals surface area contributed by atoms with Gasteiger partial charge in [0.2, 0.25) is 0 Å². The van der Waals surface area contributed by atoms with Crippen LogP contribution in [0.5, 0.6) is 0 Å². The zero-order chi connectivity index (χ0) is 17.2. The first-order chi connectivity index (χ1) is 11.0. The normalized spacial score (nSPS) is 10.4. The first-order valence-electron chi connectivity index (χ1n) is 6.97. The second-order valence-corrected chi connectivity index (χ2v) is 5.09. The maximum atomic E-state index is 12.1. The summed E-state index contributed by atoms with van der Waals surface area (Å²) >= 11 is 5.79. The van der Waals surface area contributed by atoms with Gasteiger partial charge in [-0.1, -0.05) is 11.6 Å². The summed E-state index contributed by atoms with van der Waals surface area (Å²) in [5, 5.41) is 0.350. The molecule has 0 unspecified atom stereocenters. The van der Waals surface area contributed by atoms with Crippen molar-refractivity contribution < 1.29 is 23.8 Å². The maximum absolute atomic E-state index is 12.1. The fraction of sp³-hybridized carbons (Fsp3) is 0.467. The number of rotatable bonds is 9. The molecule has 0 aliphatic carbocycles. The molecule has 0 aromatic heterocycles. The highest BCUT2D eigenvalue weighted by atomic mass is 35.5. The fourth-order valence-corrected chi connectivity index (χ4v) is 1.85. The number of benzene rings is 1. The van der Waals surface area contributed by atoms with Crippen molar-refractivity contribution in [3.05, 3.63) is 28.8 Å². The third-order valence-electron chi connectivity index (χ3n) is 3.04. The molecule has 0 radical (unpaired) electrons. The summed E-state index contributed by atoms with van der Waals surface area (Å²) in [5.41, 5.74) is 6.14. The van der Waals surface area contributed by atoms with Crippen LogP contribution in [0.1, 0.15) is 10.4 Å². The summed E-state index contributed by atoms with van der Waals surface area (Å²) in [6.45, 7) is 1.19. The van der Waals surface area contributed by atoms with E-state index in [1.165, 1.54) is 23.1 Å². The Morgan fingerprint density at radius 1 is 1.17 bits per heavy atom. The average molecular weight is 345 g/mol. The van der Waals surface area contributed by atoms with Crippen LogP contribution >= 0.6 is 11.6 Å². The van der Waals surface area contributed by atoms with Crippen LogP contribution in [0.2, 0.25) is 5.02 Å². The highest BCUT2D eigenvalue weighted by Crippen LogP contribution is 2.19. The summed E-state index contributed by atoms with van der Waals surface area (Å²) in [6, 6.07) is 4.39. The minimum absolute atomic E-state index is 0.236. The van der Waals surface area contributed by atoms with E-state index in [9.17, 15) is 9.59 Å². The molecule has 0 atom stereocenters. The van der Waals surface area contributed by atoms with Gasteiger partial charge in [0.25, 0.3) is 5.91 Å². The molecule has 23 heavy (non-hydrogen) atoms. The molecule has 0 aliphatic heterocycles. The van der Waals surface area contributed by atoms with E-state index < -0.39 is 5.97 Å². The molecule has 1 aromatic rings. The van der Waals surface area contributed by atoms with Crippen LogP contribution in [0.15, 0.2) is 18.2 Å². The number of anilines is 1. The molecule has 0 heterocycles. The summed E-state index contributed by atoms with van der Waals surface area (Å²) in [5.74, 6) is -0.963. The summed E-state index contributed by atoms with van der Waals surface area (Å²) in [6.07, 6.45) is 0. The third-order valence-corrected chi connectivity index (χ3v) is 3.39. The van der Waals surface area contributed by atoms with Crippen molar-refractivity contribution in [3.63, 3.8) is 0 Å². The van der Waals surface area contributed by atoms with E-state index in [1.807, 2.05) is 0 Å². The number of carbonyl (C=O) groups excluding carboxylic acids is 2. The van der Waals surface area contributed by atoms with Crippen molar-refractivity contribution in [2.75, 3.05) is 52.9 Å². The van der Waals surface area contributed by atoms with Crippen molar-refractivity contribution >= 4 is 29.2 Å². The molecular formula is C15H21ClN2O5. The van der Waals surface area contributed by atoms with E-state index in [1.54, 1.807) is 14.2 Å². The van der Waals surface area contributed by atoms with Crippen LogP contribution in [0.3, 0.4) is 0 Å². The predicted octanol–water partition coefficient (Wildman–Crippen LogP) is 1.20. The molecule has 2 N–H and O–H groups in total. The highest BCUT2D eigenvalue weighted by molar-refractivity contribution is 6.33. The molecule has 0 bridgehead atoms. The number of methoxy groups -OCH3 is 2. The molecule has 0 spiro atoms. The number of nitrogens with two attached hydrogens (primary N) is 1. The largest absolute Gasteiger partial charge is 0.452 e.